The number of para-hydroxylation sites is 1. The van der Waals surface area contributed by atoms with Gasteiger partial charge in [0.05, 0.1) is 15.9 Å². The summed E-state index contributed by atoms with van der Waals surface area (Å²) in [4.78, 5) is 10.4. The lowest BCUT2D eigenvalue weighted by Gasteiger charge is -2.06. The maximum atomic E-state index is 4.61. The molecule has 26 heavy (non-hydrogen) atoms. The Kier molecular flexibility index (Phi) is 4.86. The van der Waals surface area contributed by atoms with Gasteiger partial charge in [0.1, 0.15) is 0 Å². The fourth-order valence-electron chi connectivity index (χ4n) is 2.67. The van der Waals surface area contributed by atoms with E-state index in [0.29, 0.717) is 0 Å². The molecule has 2 aromatic heterocycles. The fourth-order valence-corrected chi connectivity index (χ4v) is 4.39. The van der Waals surface area contributed by atoms with Crippen LogP contribution in [0.25, 0.3) is 10.2 Å². The number of nitrogens with one attached hydrogen (secondary N) is 2. The van der Waals surface area contributed by atoms with Crippen molar-refractivity contribution in [3.8, 4) is 0 Å². The van der Waals surface area contributed by atoms with E-state index in [1.165, 1.54) is 15.1 Å². The summed E-state index contributed by atoms with van der Waals surface area (Å²) in [6.45, 7) is 5.01. The van der Waals surface area contributed by atoms with Crippen molar-refractivity contribution >= 4 is 48.8 Å². The molecule has 0 spiro atoms. The first-order valence-corrected chi connectivity index (χ1v) is 10.2. The van der Waals surface area contributed by atoms with E-state index in [0.717, 1.165) is 40.1 Å². The smallest absolute Gasteiger partial charge is 0.187 e. The number of nitrogens with zero attached hydrogens (tertiary/aromatic N) is 2. The van der Waals surface area contributed by atoms with Gasteiger partial charge in [0, 0.05) is 17.1 Å². The molecule has 6 heteroatoms. The van der Waals surface area contributed by atoms with Crippen LogP contribution >= 0.6 is 22.7 Å². The van der Waals surface area contributed by atoms with Gasteiger partial charge in [-0.25, -0.2) is 9.97 Å². The Morgan fingerprint density at radius 3 is 2.42 bits per heavy atom. The summed E-state index contributed by atoms with van der Waals surface area (Å²) in [5.41, 5.74) is 4.52. The van der Waals surface area contributed by atoms with Crippen LogP contribution < -0.4 is 10.6 Å². The van der Waals surface area contributed by atoms with Gasteiger partial charge >= 0.3 is 0 Å². The molecular formula is C20H20N4S2. The number of anilines is 3. The first kappa shape index (κ1) is 17.0. The maximum Gasteiger partial charge on any atom is 0.187 e. The summed E-state index contributed by atoms with van der Waals surface area (Å²) in [5.74, 6) is 0. The van der Waals surface area contributed by atoms with Gasteiger partial charge in [-0.05, 0) is 50.1 Å². The largest absolute Gasteiger partial charge is 0.361 e. The van der Waals surface area contributed by atoms with Gasteiger partial charge in [-0.3, -0.25) is 0 Å². The Morgan fingerprint density at radius 2 is 1.69 bits per heavy atom. The summed E-state index contributed by atoms with van der Waals surface area (Å²) in [6, 6.07) is 16.8. The molecule has 0 bridgehead atoms. The summed E-state index contributed by atoms with van der Waals surface area (Å²) in [6.07, 6.45) is 0.964. The lowest BCUT2D eigenvalue weighted by molar-refractivity contribution is 1.02. The first-order chi connectivity index (χ1) is 12.7. The van der Waals surface area contributed by atoms with E-state index in [1.807, 2.05) is 25.1 Å². The first-order valence-electron chi connectivity index (χ1n) is 8.57. The molecule has 0 aliphatic heterocycles. The van der Waals surface area contributed by atoms with Crippen molar-refractivity contribution < 1.29 is 0 Å². The van der Waals surface area contributed by atoms with Gasteiger partial charge in [0.25, 0.3) is 0 Å². The highest BCUT2D eigenvalue weighted by Gasteiger charge is 2.04. The van der Waals surface area contributed by atoms with Gasteiger partial charge in [-0.1, -0.05) is 35.6 Å². The maximum absolute atomic E-state index is 4.61. The normalized spacial score (nSPS) is 11.0. The lowest BCUT2D eigenvalue weighted by Crippen LogP contribution is -2.04. The molecule has 0 atom stereocenters. The molecule has 132 valence electrons. The SMILES string of the molecule is Cc1nc(Nc2ccc(CCNc3nc4ccccc4s3)cc2)sc1C. The Balaban J connectivity index is 1.32. The zero-order valence-electron chi connectivity index (χ0n) is 14.7. The van der Waals surface area contributed by atoms with Gasteiger partial charge < -0.3 is 10.6 Å². The average molecular weight is 381 g/mol. The summed E-state index contributed by atoms with van der Waals surface area (Å²) in [7, 11) is 0. The van der Waals surface area contributed by atoms with Crippen LogP contribution in [0.4, 0.5) is 16.0 Å². The quantitative estimate of drug-likeness (QED) is 0.446. The number of aryl methyl sites for hydroxylation is 2. The number of hydrogen-bond acceptors (Lipinski definition) is 6. The molecule has 2 heterocycles. The lowest BCUT2D eigenvalue weighted by atomic mass is 10.1. The van der Waals surface area contributed by atoms with E-state index in [-0.39, 0.29) is 0 Å². The number of fused-ring (bicyclic) bond motifs is 1. The van der Waals surface area contributed by atoms with Crippen molar-refractivity contribution in [2.45, 2.75) is 20.3 Å². The number of benzene rings is 2. The third-order valence-electron chi connectivity index (χ3n) is 4.22. The van der Waals surface area contributed by atoms with Crippen molar-refractivity contribution in [1.29, 1.82) is 0 Å². The third-order valence-corrected chi connectivity index (χ3v) is 6.20. The Hall–Kier alpha value is -2.44. The molecule has 0 fully saturated rings. The van der Waals surface area contributed by atoms with Crippen molar-refractivity contribution in [1.82, 2.24) is 9.97 Å². The number of hydrogen-bond donors (Lipinski definition) is 2. The summed E-state index contributed by atoms with van der Waals surface area (Å²) in [5, 5.41) is 8.74. The number of thiazole rings is 2. The van der Waals surface area contributed by atoms with Gasteiger partial charge in [-0.15, -0.1) is 11.3 Å². The molecule has 0 amide bonds. The van der Waals surface area contributed by atoms with Gasteiger partial charge in [-0.2, -0.15) is 0 Å². The molecule has 0 aliphatic carbocycles. The van der Waals surface area contributed by atoms with Crippen molar-refractivity contribution in [3.63, 3.8) is 0 Å². The van der Waals surface area contributed by atoms with E-state index in [9.17, 15) is 0 Å². The van der Waals surface area contributed by atoms with Crippen LogP contribution in [0.15, 0.2) is 48.5 Å². The molecule has 0 radical (unpaired) electrons. The molecule has 0 saturated carbocycles. The van der Waals surface area contributed by atoms with Crippen LogP contribution in [-0.4, -0.2) is 16.5 Å². The Labute approximate surface area is 161 Å². The van der Waals surface area contributed by atoms with Crippen LogP contribution in [0.5, 0.6) is 0 Å². The van der Waals surface area contributed by atoms with E-state index >= 15 is 0 Å². The molecule has 0 aliphatic rings. The molecule has 4 rings (SSSR count). The predicted molar refractivity (Wildman–Crippen MR) is 113 cm³/mol. The van der Waals surface area contributed by atoms with Crippen LogP contribution in [-0.2, 0) is 6.42 Å². The van der Waals surface area contributed by atoms with Gasteiger partial charge in [0.15, 0.2) is 10.3 Å². The zero-order chi connectivity index (χ0) is 17.9. The van der Waals surface area contributed by atoms with Crippen LogP contribution in [0, 0.1) is 13.8 Å². The second-order valence-corrected chi connectivity index (χ2v) is 8.38. The van der Waals surface area contributed by atoms with Gasteiger partial charge in [0.2, 0.25) is 0 Å². The monoisotopic (exact) mass is 380 g/mol. The van der Waals surface area contributed by atoms with Crippen LogP contribution in [0.1, 0.15) is 16.1 Å². The van der Waals surface area contributed by atoms with Crippen LogP contribution in [0.2, 0.25) is 0 Å². The molecule has 4 aromatic rings. The van der Waals surface area contributed by atoms with E-state index in [1.54, 1.807) is 22.7 Å². The zero-order valence-corrected chi connectivity index (χ0v) is 16.4. The molecular weight excluding hydrogens is 360 g/mol. The highest BCUT2D eigenvalue weighted by atomic mass is 32.1. The topological polar surface area (TPSA) is 49.8 Å². The second-order valence-electron chi connectivity index (χ2n) is 6.15. The van der Waals surface area contributed by atoms with E-state index in [2.05, 4.69) is 57.9 Å². The fraction of sp³-hybridized carbons (Fsp3) is 0.200. The predicted octanol–water partition coefficient (Wildman–Crippen LogP) is 5.77. The highest BCUT2D eigenvalue weighted by molar-refractivity contribution is 7.22. The minimum Gasteiger partial charge on any atom is -0.361 e. The molecule has 2 aromatic carbocycles. The van der Waals surface area contributed by atoms with Crippen molar-refractivity contribution in [3.05, 3.63) is 64.7 Å². The standard InChI is InChI=1S/C20H20N4S2/c1-13-14(2)25-20(22-13)23-16-9-7-15(8-10-16)11-12-21-19-24-17-5-3-4-6-18(17)26-19/h3-10H,11-12H2,1-2H3,(H,21,24)(H,22,23). The summed E-state index contributed by atoms with van der Waals surface area (Å²) < 4.78 is 1.22. The average Bonchev–Trinajstić information content (AvgIpc) is 3.19. The third kappa shape index (κ3) is 3.86. The van der Waals surface area contributed by atoms with Crippen LogP contribution in [0.3, 0.4) is 0 Å². The number of rotatable bonds is 6. The molecule has 4 nitrogen and oxygen atoms in total. The van der Waals surface area contributed by atoms with E-state index in [4.69, 9.17) is 0 Å². The van der Waals surface area contributed by atoms with Crippen molar-refractivity contribution in [2.24, 2.45) is 0 Å². The Bertz CT molecular complexity index is 965. The molecule has 0 saturated heterocycles. The second kappa shape index (κ2) is 7.43. The minimum absolute atomic E-state index is 0.872. The highest BCUT2D eigenvalue weighted by Crippen LogP contribution is 2.26. The number of aromatic nitrogens is 2. The Morgan fingerprint density at radius 1 is 0.885 bits per heavy atom. The minimum atomic E-state index is 0.872. The summed E-state index contributed by atoms with van der Waals surface area (Å²) >= 11 is 3.39. The molecule has 2 N–H and O–H groups in total. The van der Waals surface area contributed by atoms with E-state index < -0.39 is 0 Å². The van der Waals surface area contributed by atoms with Crippen molar-refractivity contribution in [2.75, 3.05) is 17.2 Å². The molecule has 0 unspecified atom stereocenters.